The molecule has 28 heavy (non-hydrogen) atoms. The van der Waals surface area contributed by atoms with E-state index in [0.717, 1.165) is 5.69 Å². The minimum absolute atomic E-state index is 0.00262. The number of anilines is 3. The first-order valence-corrected chi connectivity index (χ1v) is 9.19. The van der Waals surface area contributed by atoms with Gasteiger partial charge in [0, 0.05) is 18.3 Å². The number of aromatic nitrogens is 4. The molecule has 0 saturated carbocycles. The van der Waals surface area contributed by atoms with Gasteiger partial charge in [-0.15, -0.1) is 0 Å². The molecule has 9 nitrogen and oxygen atoms in total. The number of rotatable bonds is 7. The Morgan fingerprint density at radius 3 is 2.68 bits per heavy atom. The molecule has 2 aromatic heterocycles. The van der Waals surface area contributed by atoms with Crippen LogP contribution >= 0.6 is 11.6 Å². The molecular weight excluding hydrogens is 382 g/mol. The minimum atomic E-state index is -1.11. The summed E-state index contributed by atoms with van der Waals surface area (Å²) in [7, 11) is 0. The zero-order valence-electron chi connectivity index (χ0n) is 15.7. The van der Waals surface area contributed by atoms with E-state index in [-0.39, 0.29) is 22.5 Å². The Labute approximate surface area is 166 Å². The summed E-state index contributed by atoms with van der Waals surface area (Å²) in [5, 5.41) is 23.0. The molecule has 1 unspecified atom stereocenters. The largest absolute Gasteiger partial charge is 0.478 e. The molecule has 0 bridgehead atoms. The monoisotopic (exact) mass is 403 g/mol. The van der Waals surface area contributed by atoms with Crippen LogP contribution in [0.2, 0.25) is 5.02 Å². The topological polar surface area (TPSA) is 142 Å². The number of nitrogens with two attached hydrogens (primary N) is 1. The number of nitrogens with one attached hydrogen (secondary N) is 3. The zero-order chi connectivity index (χ0) is 20.4. The molecule has 6 N–H and O–H groups in total. The second-order valence-electron chi connectivity index (χ2n) is 6.87. The van der Waals surface area contributed by atoms with Gasteiger partial charge in [-0.1, -0.05) is 25.4 Å². The van der Waals surface area contributed by atoms with Crippen molar-refractivity contribution in [3.05, 3.63) is 34.5 Å². The van der Waals surface area contributed by atoms with E-state index in [2.05, 4.69) is 30.8 Å². The van der Waals surface area contributed by atoms with Crippen molar-refractivity contribution in [1.82, 2.24) is 20.2 Å². The van der Waals surface area contributed by atoms with Crippen LogP contribution < -0.4 is 16.4 Å². The highest BCUT2D eigenvalue weighted by Gasteiger charge is 2.18. The number of aromatic carboxylic acids is 1. The van der Waals surface area contributed by atoms with Gasteiger partial charge >= 0.3 is 5.97 Å². The Hall–Kier alpha value is -2.91. The van der Waals surface area contributed by atoms with Crippen molar-refractivity contribution < 1.29 is 9.90 Å². The van der Waals surface area contributed by atoms with E-state index in [1.54, 1.807) is 6.07 Å². The molecule has 0 saturated heterocycles. The normalized spacial score (nSPS) is 12.4. The summed E-state index contributed by atoms with van der Waals surface area (Å²) in [6.07, 6.45) is 0. The van der Waals surface area contributed by atoms with Gasteiger partial charge in [0.05, 0.1) is 16.3 Å². The van der Waals surface area contributed by atoms with Gasteiger partial charge in [0.1, 0.15) is 5.52 Å². The number of carbonyl (C=O) groups is 1. The summed E-state index contributed by atoms with van der Waals surface area (Å²) < 4.78 is 0. The number of nitrogens with zero attached hydrogens (tertiary/aromatic N) is 3. The van der Waals surface area contributed by atoms with E-state index in [4.69, 9.17) is 17.3 Å². The molecule has 1 atom stereocenters. The lowest BCUT2D eigenvalue weighted by atomic mass is 10.1. The second kappa shape index (κ2) is 7.99. The molecule has 3 rings (SSSR count). The Balaban J connectivity index is 2.06. The summed E-state index contributed by atoms with van der Waals surface area (Å²) in [5.74, 6) is -0.0761. The zero-order valence-corrected chi connectivity index (χ0v) is 16.5. The molecule has 148 valence electrons. The fourth-order valence-electron chi connectivity index (χ4n) is 2.64. The number of hydrogen-bond donors (Lipinski definition) is 5. The van der Waals surface area contributed by atoms with Crippen LogP contribution in [0.4, 0.5) is 17.5 Å². The predicted molar refractivity (Wildman–Crippen MR) is 110 cm³/mol. The SMILES string of the molecule is CC(N)CNc1nc(Nc2ccc(Cl)c(C(=O)O)c2)c2n[nH]c(C(C)C)c2n1. The average molecular weight is 404 g/mol. The van der Waals surface area contributed by atoms with Crippen LogP contribution in [0.15, 0.2) is 18.2 Å². The average Bonchev–Trinajstić information content (AvgIpc) is 3.05. The van der Waals surface area contributed by atoms with E-state index in [1.807, 2.05) is 20.8 Å². The van der Waals surface area contributed by atoms with Crippen molar-refractivity contribution >= 4 is 46.1 Å². The van der Waals surface area contributed by atoms with Crippen molar-refractivity contribution in [3.63, 3.8) is 0 Å². The molecule has 0 amide bonds. The van der Waals surface area contributed by atoms with Gasteiger partial charge in [-0.2, -0.15) is 10.1 Å². The highest BCUT2D eigenvalue weighted by molar-refractivity contribution is 6.33. The quantitative estimate of drug-likeness (QED) is 0.404. The van der Waals surface area contributed by atoms with Crippen LogP contribution in [-0.2, 0) is 0 Å². The number of carboxylic acid groups (broad SMARTS) is 1. The molecule has 0 radical (unpaired) electrons. The lowest BCUT2D eigenvalue weighted by Gasteiger charge is -2.12. The number of fused-ring (bicyclic) bond motifs is 1. The number of benzene rings is 1. The number of hydrogen-bond acceptors (Lipinski definition) is 7. The first kappa shape index (κ1) is 19.8. The van der Waals surface area contributed by atoms with Gasteiger partial charge in [0.2, 0.25) is 5.95 Å². The smallest absolute Gasteiger partial charge is 0.337 e. The van der Waals surface area contributed by atoms with Crippen molar-refractivity contribution in [2.75, 3.05) is 17.2 Å². The predicted octanol–water partition coefficient (Wildman–Crippen LogP) is 3.33. The van der Waals surface area contributed by atoms with E-state index in [1.165, 1.54) is 12.1 Å². The number of aromatic amines is 1. The third-order valence-electron chi connectivity index (χ3n) is 4.05. The Kier molecular flexibility index (Phi) is 5.66. The Morgan fingerprint density at radius 2 is 2.04 bits per heavy atom. The van der Waals surface area contributed by atoms with Gasteiger partial charge in [0.25, 0.3) is 0 Å². The number of carboxylic acids is 1. The third-order valence-corrected chi connectivity index (χ3v) is 4.38. The van der Waals surface area contributed by atoms with Gasteiger partial charge in [-0.05, 0) is 31.0 Å². The maximum atomic E-state index is 11.3. The van der Waals surface area contributed by atoms with Gasteiger partial charge in [-0.25, -0.2) is 9.78 Å². The van der Waals surface area contributed by atoms with Crippen LogP contribution in [0, 0.1) is 0 Å². The molecule has 0 spiro atoms. The first-order valence-electron chi connectivity index (χ1n) is 8.81. The fourth-order valence-corrected chi connectivity index (χ4v) is 2.84. The Bertz CT molecular complexity index is 1020. The van der Waals surface area contributed by atoms with Crippen LogP contribution in [0.3, 0.4) is 0 Å². The molecule has 3 aromatic rings. The minimum Gasteiger partial charge on any atom is -0.478 e. The second-order valence-corrected chi connectivity index (χ2v) is 7.28. The van der Waals surface area contributed by atoms with E-state index in [9.17, 15) is 9.90 Å². The van der Waals surface area contributed by atoms with Crippen molar-refractivity contribution in [1.29, 1.82) is 0 Å². The molecule has 0 aliphatic heterocycles. The summed E-state index contributed by atoms with van der Waals surface area (Å²) in [4.78, 5) is 20.4. The van der Waals surface area contributed by atoms with Crippen LogP contribution in [0.5, 0.6) is 0 Å². The van der Waals surface area contributed by atoms with Gasteiger partial charge in [0.15, 0.2) is 11.3 Å². The summed E-state index contributed by atoms with van der Waals surface area (Å²) in [6, 6.07) is 4.57. The van der Waals surface area contributed by atoms with Gasteiger partial charge < -0.3 is 21.5 Å². The van der Waals surface area contributed by atoms with Crippen molar-refractivity contribution in [2.45, 2.75) is 32.7 Å². The highest BCUT2D eigenvalue weighted by atomic mass is 35.5. The summed E-state index contributed by atoms with van der Waals surface area (Å²) in [5.41, 5.74) is 8.46. The molecule has 2 heterocycles. The van der Waals surface area contributed by atoms with E-state index in [0.29, 0.717) is 35.0 Å². The maximum absolute atomic E-state index is 11.3. The summed E-state index contributed by atoms with van der Waals surface area (Å²) in [6.45, 7) is 6.46. The van der Waals surface area contributed by atoms with Crippen LogP contribution in [-0.4, -0.2) is 43.8 Å². The molecular formula is C18H22ClN7O2. The number of H-pyrrole nitrogens is 1. The van der Waals surface area contributed by atoms with E-state index >= 15 is 0 Å². The Morgan fingerprint density at radius 1 is 1.29 bits per heavy atom. The maximum Gasteiger partial charge on any atom is 0.337 e. The molecule has 10 heteroatoms. The molecule has 1 aromatic carbocycles. The van der Waals surface area contributed by atoms with Crippen LogP contribution in [0.25, 0.3) is 11.0 Å². The lowest BCUT2D eigenvalue weighted by molar-refractivity contribution is 0.0697. The molecule has 0 aliphatic rings. The van der Waals surface area contributed by atoms with Crippen molar-refractivity contribution in [2.24, 2.45) is 5.73 Å². The van der Waals surface area contributed by atoms with E-state index < -0.39 is 5.97 Å². The first-order chi connectivity index (χ1) is 13.3. The fraction of sp³-hybridized carbons (Fsp3) is 0.333. The third kappa shape index (κ3) is 4.15. The standard InChI is InChI=1S/C18H22ClN7O2/c1-8(2)13-14-15(26-25-13)16(24-18(23-14)21-7-9(3)20)22-10-4-5-12(19)11(6-10)17(27)28/h4-6,8-9H,7,20H2,1-3H3,(H,25,26)(H,27,28)(H2,21,22,23,24). The van der Waals surface area contributed by atoms with Crippen molar-refractivity contribution in [3.8, 4) is 0 Å². The lowest BCUT2D eigenvalue weighted by Crippen LogP contribution is -2.26. The molecule has 0 aliphatic carbocycles. The highest BCUT2D eigenvalue weighted by Crippen LogP contribution is 2.29. The van der Waals surface area contributed by atoms with Gasteiger partial charge in [-0.3, -0.25) is 5.10 Å². The van der Waals surface area contributed by atoms with Crippen LogP contribution in [0.1, 0.15) is 42.7 Å². The number of halogens is 1. The summed E-state index contributed by atoms with van der Waals surface area (Å²) >= 11 is 5.95. The molecule has 0 fully saturated rings.